The van der Waals surface area contributed by atoms with Crippen LogP contribution in [0.5, 0.6) is 0 Å². The fraction of sp³-hybridized carbons (Fsp3) is 0.257. The predicted molar refractivity (Wildman–Crippen MR) is 169 cm³/mol. The highest BCUT2D eigenvalue weighted by Gasteiger charge is 2.13. The number of hydrogen-bond donors (Lipinski definition) is 0. The summed E-state index contributed by atoms with van der Waals surface area (Å²) in [5.74, 6) is 0. The first-order valence-electron chi connectivity index (χ1n) is 13.8. The average molecular weight is 517 g/mol. The van der Waals surface area contributed by atoms with Crippen LogP contribution in [0, 0.1) is 6.92 Å². The number of thiophene rings is 2. The third-order valence-corrected chi connectivity index (χ3v) is 10.2. The number of hydrogen-bond acceptors (Lipinski definition) is 2. The Balaban J connectivity index is 1.27. The number of rotatable bonds is 7. The van der Waals surface area contributed by atoms with Gasteiger partial charge in [-0.25, -0.2) is 0 Å². The SMILES string of the molecule is CCCCCCCCc1ccc2cc3c(cc2c1)sc1cc2c(cc13)sc1cc3cc(C)ccc3cc12. The van der Waals surface area contributed by atoms with E-state index in [1.807, 2.05) is 22.7 Å². The maximum Gasteiger partial charge on any atom is 0.0362 e. The molecule has 0 nitrogen and oxygen atoms in total. The van der Waals surface area contributed by atoms with Crippen LogP contribution in [-0.4, -0.2) is 0 Å². The number of aryl methyl sites for hydroxylation is 2. The molecular weight excluding hydrogens is 485 g/mol. The summed E-state index contributed by atoms with van der Waals surface area (Å²) in [6.45, 7) is 4.46. The molecule has 2 heterocycles. The molecule has 5 aromatic carbocycles. The van der Waals surface area contributed by atoms with Crippen molar-refractivity contribution in [2.24, 2.45) is 0 Å². The fourth-order valence-corrected chi connectivity index (χ4v) is 8.28. The van der Waals surface area contributed by atoms with Crippen molar-refractivity contribution in [1.29, 1.82) is 0 Å². The number of fused-ring (bicyclic) bond motifs is 8. The van der Waals surface area contributed by atoms with E-state index >= 15 is 0 Å². The molecule has 184 valence electrons. The zero-order chi connectivity index (χ0) is 24.9. The van der Waals surface area contributed by atoms with Crippen molar-refractivity contribution in [2.75, 3.05) is 0 Å². The van der Waals surface area contributed by atoms with E-state index in [0.29, 0.717) is 0 Å². The summed E-state index contributed by atoms with van der Waals surface area (Å²) in [4.78, 5) is 0. The van der Waals surface area contributed by atoms with Crippen molar-refractivity contribution in [3.63, 3.8) is 0 Å². The van der Waals surface area contributed by atoms with Gasteiger partial charge in [0.05, 0.1) is 0 Å². The minimum absolute atomic E-state index is 1.20. The molecule has 0 fully saturated rings. The summed E-state index contributed by atoms with van der Waals surface area (Å²) < 4.78 is 5.58. The van der Waals surface area contributed by atoms with Gasteiger partial charge in [0, 0.05) is 40.3 Å². The minimum atomic E-state index is 1.20. The lowest BCUT2D eigenvalue weighted by atomic mass is 10.00. The molecule has 0 spiro atoms. The molecule has 0 N–H and O–H groups in total. The molecule has 0 bridgehead atoms. The molecule has 2 heteroatoms. The van der Waals surface area contributed by atoms with Gasteiger partial charge in [0.15, 0.2) is 0 Å². The van der Waals surface area contributed by atoms with Gasteiger partial charge >= 0.3 is 0 Å². The van der Waals surface area contributed by atoms with E-state index in [9.17, 15) is 0 Å². The van der Waals surface area contributed by atoms with E-state index in [1.165, 1.54) is 118 Å². The lowest BCUT2D eigenvalue weighted by Gasteiger charge is -2.05. The molecule has 2 aromatic heterocycles. The maximum absolute atomic E-state index is 2.45. The van der Waals surface area contributed by atoms with Crippen molar-refractivity contribution in [3.8, 4) is 0 Å². The zero-order valence-corrected chi connectivity index (χ0v) is 23.3. The van der Waals surface area contributed by atoms with Crippen LogP contribution in [0.25, 0.3) is 61.9 Å². The van der Waals surface area contributed by atoms with Gasteiger partial charge in [-0.2, -0.15) is 0 Å². The highest BCUT2D eigenvalue weighted by molar-refractivity contribution is 7.27. The maximum atomic E-state index is 2.45. The van der Waals surface area contributed by atoms with E-state index in [1.54, 1.807) is 0 Å². The average Bonchev–Trinajstić information content (AvgIpc) is 3.42. The molecule has 0 aliphatic heterocycles. The molecule has 0 radical (unpaired) electrons. The monoisotopic (exact) mass is 516 g/mol. The van der Waals surface area contributed by atoms with Gasteiger partial charge in [-0.15, -0.1) is 22.7 Å². The summed E-state index contributed by atoms with van der Waals surface area (Å²) in [6.07, 6.45) is 9.33. The molecule has 7 rings (SSSR count). The first kappa shape index (κ1) is 23.2. The Hall–Kier alpha value is -2.94. The van der Waals surface area contributed by atoms with E-state index in [0.717, 1.165) is 0 Å². The van der Waals surface area contributed by atoms with Gasteiger partial charge in [-0.1, -0.05) is 81.0 Å². The van der Waals surface area contributed by atoms with Gasteiger partial charge in [0.25, 0.3) is 0 Å². The molecular formula is C35H32S2. The van der Waals surface area contributed by atoms with Crippen molar-refractivity contribution in [3.05, 3.63) is 83.9 Å². The second kappa shape index (κ2) is 9.42. The lowest BCUT2D eigenvalue weighted by Crippen LogP contribution is -1.87. The molecule has 0 aliphatic rings. The highest BCUT2D eigenvalue weighted by atomic mass is 32.1. The summed E-state index contributed by atoms with van der Waals surface area (Å²) in [5.41, 5.74) is 2.81. The molecule has 0 aliphatic carbocycles. The van der Waals surface area contributed by atoms with E-state index in [4.69, 9.17) is 0 Å². The van der Waals surface area contributed by atoms with Crippen LogP contribution < -0.4 is 0 Å². The second-order valence-electron chi connectivity index (χ2n) is 10.8. The lowest BCUT2D eigenvalue weighted by molar-refractivity contribution is 0.607. The van der Waals surface area contributed by atoms with E-state index < -0.39 is 0 Å². The normalized spacial score (nSPS) is 12.3. The van der Waals surface area contributed by atoms with Crippen LogP contribution in [0.15, 0.2) is 72.8 Å². The Bertz CT molecular complexity index is 1930. The van der Waals surface area contributed by atoms with Crippen molar-refractivity contribution in [2.45, 2.75) is 58.8 Å². The first-order chi connectivity index (χ1) is 18.2. The molecule has 0 saturated heterocycles. The summed E-state index contributed by atoms with van der Waals surface area (Å²) in [7, 11) is 0. The van der Waals surface area contributed by atoms with Crippen molar-refractivity contribution >= 4 is 84.6 Å². The summed E-state index contributed by atoms with van der Waals surface area (Å²) in [5, 5.41) is 11.0. The fourth-order valence-electron chi connectivity index (χ4n) is 5.96. The third kappa shape index (κ3) is 4.21. The molecule has 0 unspecified atom stereocenters. The zero-order valence-electron chi connectivity index (χ0n) is 21.7. The van der Waals surface area contributed by atoms with Gasteiger partial charge in [-0.3, -0.25) is 0 Å². The van der Waals surface area contributed by atoms with E-state index in [2.05, 4.69) is 86.6 Å². The van der Waals surface area contributed by atoms with Crippen LogP contribution in [-0.2, 0) is 6.42 Å². The van der Waals surface area contributed by atoms with E-state index in [-0.39, 0.29) is 0 Å². The molecule has 7 aromatic rings. The van der Waals surface area contributed by atoms with Crippen LogP contribution in [0.1, 0.15) is 56.6 Å². The van der Waals surface area contributed by atoms with Crippen molar-refractivity contribution < 1.29 is 0 Å². The Morgan fingerprint density at radius 2 is 1.03 bits per heavy atom. The second-order valence-corrected chi connectivity index (χ2v) is 13.0. The molecule has 37 heavy (non-hydrogen) atoms. The first-order valence-corrected chi connectivity index (χ1v) is 15.5. The Morgan fingerprint density at radius 1 is 0.486 bits per heavy atom. The third-order valence-electron chi connectivity index (χ3n) is 8.02. The summed E-state index contributed by atoms with van der Waals surface area (Å²) >= 11 is 3.88. The Kier molecular flexibility index (Phi) is 5.91. The largest absolute Gasteiger partial charge is 0.135 e. The van der Waals surface area contributed by atoms with Gasteiger partial charge in [0.2, 0.25) is 0 Å². The standard InChI is InChI=1S/C35H32S2/c1-3-4-5-6-7-8-9-23-11-13-25-17-29-31-21-34-30(20-35(31)37-33(29)19-27(25)15-23)28-16-24-12-10-22(2)14-26(24)18-32(28)36-34/h10-21H,3-9H2,1-2H3. The minimum Gasteiger partial charge on any atom is -0.135 e. The topological polar surface area (TPSA) is 0 Å². The Morgan fingerprint density at radius 3 is 1.70 bits per heavy atom. The molecule has 0 saturated carbocycles. The van der Waals surface area contributed by atoms with Crippen LogP contribution in [0.4, 0.5) is 0 Å². The van der Waals surface area contributed by atoms with Gasteiger partial charge in [0.1, 0.15) is 0 Å². The highest BCUT2D eigenvalue weighted by Crippen LogP contribution is 2.43. The van der Waals surface area contributed by atoms with Crippen LogP contribution >= 0.6 is 22.7 Å². The summed E-state index contributed by atoms with van der Waals surface area (Å²) in [6, 6.07) is 28.4. The smallest absolute Gasteiger partial charge is 0.0362 e. The molecule has 0 amide bonds. The predicted octanol–water partition coefficient (Wildman–Crippen LogP) is 11.9. The Labute approximate surface area is 226 Å². The quantitative estimate of drug-likeness (QED) is 0.185. The van der Waals surface area contributed by atoms with Gasteiger partial charge < -0.3 is 0 Å². The van der Waals surface area contributed by atoms with Gasteiger partial charge in [-0.05, 0) is 83.3 Å². The molecule has 0 atom stereocenters. The van der Waals surface area contributed by atoms with Crippen molar-refractivity contribution in [1.82, 2.24) is 0 Å². The number of benzene rings is 5. The van der Waals surface area contributed by atoms with Crippen LogP contribution in [0.3, 0.4) is 0 Å². The number of unbranched alkanes of at least 4 members (excludes halogenated alkanes) is 5. The van der Waals surface area contributed by atoms with Crippen LogP contribution in [0.2, 0.25) is 0 Å².